The Morgan fingerprint density at radius 3 is 2.57 bits per heavy atom. The van der Waals surface area contributed by atoms with Gasteiger partial charge in [-0.3, -0.25) is 9.59 Å². The molecule has 1 saturated heterocycles. The number of hydrogen-bond acceptors (Lipinski definition) is 5. The lowest BCUT2D eigenvalue weighted by Gasteiger charge is -2.30. The van der Waals surface area contributed by atoms with Gasteiger partial charge in [0.1, 0.15) is 5.75 Å². The van der Waals surface area contributed by atoms with Crippen LogP contribution in [0, 0.1) is 5.92 Å². The Kier molecular flexibility index (Phi) is 8.09. The Labute approximate surface area is 170 Å². The average Bonchev–Trinajstić information content (AvgIpc) is 2.67. The smallest absolute Gasteiger partial charge is 0.260 e. The summed E-state index contributed by atoms with van der Waals surface area (Å²) in [5, 5.41) is 0.110. The fourth-order valence-electron chi connectivity index (χ4n) is 2.88. The van der Waals surface area contributed by atoms with E-state index in [4.69, 9.17) is 22.1 Å². The summed E-state index contributed by atoms with van der Waals surface area (Å²) < 4.78 is 32.4. The SMILES string of the molecule is CCCCNS(=O)(=O)c1ccc(OCC(=O)N2CCC(C(N)=O)CC2)c(Cl)c1. The Bertz CT molecular complexity index is 807. The molecule has 10 heteroatoms. The molecule has 0 atom stereocenters. The molecule has 0 saturated carbocycles. The van der Waals surface area contributed by atoms with E-state index < -0.39 is 10.0 Å². The maximum absolute atomic E-state index is 12.3. The van der Waals surface area contributed by atoms with Crippen molar-refractivity contribution in [3.8, 4) is 5.75 Å². The van der Waals surface area contributed by atoms with Crippen LogP contribution in [0.2, 0.25) is 5.02 Å². The van der Waals surface area contributed by atoms with E-state index >= 15 is 0 Å². The van der Waals surface area contributed by atoms with E-state index in [0.717, 1.165) is 12.8 Å². The van der Waals surface area contributed by atoms with Gasteiger partial charge < -0.3 is 15.4 Å². The van der Waals surface area contributed by atoms with Gasteiger partial charge in [0.2, 0.25) is 15.9 Å². The van der Waals surface area contributed by atoms with Gasteiger partial charge in [0, 0.05) is 25.6 Å². The molecule has 0 radical (unpaired) electrons. The number of nitrogens with zero attached hydrogens (tertiary/aromatic N) is 1. The first kappa shape index (κ1) is 22.4. The standard InChI is InChI=1S/C18H26ClN3O5S/c1-2-3-8-21-28(25,26)14-4-5-16(15(19)11-14)27-12-17(23)22-9-6-13(7-10-22)18(20)24/h4-5,11,13,21H,2-3,6-10,12H2,1H3,(H2,20,24). The number of halogens is 1. The molecular weight excluding hydrogens is 406 g/mol. The molecule has 1 heterocycles. The first-order valence-electron chi connectivity index (χ1n) is 9.23. The van der Waals surface area contributed by atoms with Gasteiger partial charge in [0.05, 0.1) is 9.92 Å². The maximum Gasteiger partial charge on any atom is 0.260 e. The van der Waals surface area contributed by atoms with Crippen molar-refractivity contribution in [3.63, 3.8) is 0 Å². The number of carbonyl (C=O) groups is 2. The molecule has 0 aromatic heterocycles. The van der Waals surface area contributed by atoms with E-state index in [0.29, 0.717) is 32.5 Å². The van der Waals surface area contributed by atoms with E-state index in [2.05, 4.69) is 4.72 Å². The predicted molar refractivity (Wildman–Crippen MR) is 106 cm³/mol. The Hall–Kier alpha value is -1.84. The molecule has 2 amide bonds. The second-order valence-electron chi connectivity index (χ2n) is 6.69. The molecule has 1 aliphatic heterocycles. The number of hydrogen-bond donors (Lipinski definition) is 2. The summed E-state index contributed by atoms with van der Waals surface area (Å²) in [6.07, 6.45) is 2.70. The summed E-state index contributed by atoms with van der Waals surface area (Å²) in [6, 6.07) is 4.12. The molecule has 0 unspecified atom stereocenters. The van der Waals surface area contributed by atoms with Crippen LogP contribution >= 0.6 is 11.6 Å². The number of nitrogens with one attached hydrogen (secondary N) is 1. The molecular formula is C18H26ClN3O5S. The zero-order valence-electron chi connectivity index (χ0n) is 15.8. The molecule has 28 heavy (non-hydrogen) atoms. The van der Waals surface area contributed by atoms with Crippen LogP contribution in [-0.2, 0) is 19.6 Å². The predicted octanol–water partition coefficient (Wildman–Crippen LogP) is 1.52. The number of nitrogens with two attached hydrogens (primary N) is 1. The van der Waals surface area contributed by atoms with Crippen molar-refractivity contribution in [2.45, 2.75) is 37.5 Å². The maximum atomic E-state index is 12.3. The first-order valence-corrected chi connectivity index (χ1v) is 11.1. The quantitative estimate of drug-likeness (QED) is 0.574. The fourth-order valence-corrected chi connectivity index (χ4v) is 4.28. The largest absolute Gasteiger partial charge is 0.482 e. The third kappa shape index (κ3) is 6.08. The van der Waals surface area contributed by atoms with E-state index in [1.54, 1.807) is 4.90 Å². The van der Waals surface area contributed by atoms with Crippen molar-refractivity contribution in [1.82, 2.24) is 9.62 Å². The molecule has 156 valence electrons. The summed E-state index contributed by atoms with van der Waals surface area (Å²) in [4.78, 5) is 25.1. The minimum Gasteiger partial charge on any atom is -0.482 e. The lowest BCUT2D eigenvalue weighted by Crippen LogP contribution is -2.43. The molecule has 1 aliphatic rings. The number of amides is 2. The number of sulfonamides is 1. The Morgan fingerprint density at radius 1 is 1.32 bits per heavy atom. The normalized spacial score (nSPS) is 15.4. The van der Waals surface area contributed by atoms with Crippen molar-refractivity contribution in [2.24, 2.45) is 11.7 Å². The van der Waals surface area contributed by atoms with Gasteiger partial charge in [0.25, 0.3) is 5.91 Å². The van der Waals surface area contributed by atoms with E-state index in [1.807, 2.05) is 6.92 Å². The second-order valence-corrected chi connectivity index (χ2v) is 8.86. The summed E-state index contributed by atoms with van der Waals surface area (Å²) in [5.41, 5.74) is 5.29. The fraction of sp³-hybridized carbons (Fsp3) is 0.556. The van der Waals surface area contributed by atoms with Gasteiger partial charge in [-0.1, -0.05) is 24.9 Å². The molecule has 1 fully saturated rings. The van der Waals surface area contributed by atoms with Crippen LogP contribution in [0.1, 0.15) is 32.6 Å². The molecule has 8 nitrogen and oxygen atoms in total. The van der Waals surface area contributed by atoms with Crippen molar-refractivity contribution in [2.75, 3.05) is 26.2 Å². The van der Waals surface area contributed by atoms with Crippen LogP contribution in [0.15, 0.2) is 23.1 Å². The first-order chi connectivity index (χ1) is 13.2. The van der Waals surface area contributed by atoms with Gasteiger partial charge >= 0.3 is 0 Å². The number of carbonyl (C=O) groups excluding carboxylic acids is 2. The van der Waals surface area contributed by atoms with Crippen LogP contribution in [0.25, 0.3) is 0 Å². The summed E-state index contributed by atoms with van der Waals surface area (Å²) >= 11 is 6.13. The van der Waals surface area contributed by atoms with Crippen molar-refractivity contribution in [3.05, 3.63) is 23.2 Å². The minimum atomic E-state index is -3.64. The number of benzene rings is 1. The van der Waals surface area contributed by atoms with E-state index in [9.17, 15) is 18.0 Å². The molecule has 3 N–H and O–H groups in total. The van der Waals surface area contributed by atoms with Crippen LogP contribution in [-0.4, -0.2) is 51.4 Å². The number of unbranched alkanes of at least 4 members (excludes halogenated alkanes) is 1. The van der Waals surface area contributed by atoms with Gasteiger partial charge in [-0.25, -0.2) is 13.1 Å². The highest BCUT2D eigenvalue weighted by Gasteiger charge is 2.26. The van der Waals surface area contributed by atoms with Crippen molar-refractivity contribution >= 4 is 33.4 Å². The summed E-state index contributed by atoms with van der Waals surface area (Å²) in [5.74, 6) is -0.527. The minimum absolute atomic E-state index is 0.0424. The molecule has 2 rings (SSSR count). The Morgan fingerprint density at radius 2 is 2.00 bits per heavy atom. The van der Waals surface area contributed by atoms with Crippen LogP contribution in [0.5, 0.6) is 5.75 Å². The molecule has 1 aromatic rings. The number of likely N-dealkylation sites (tertiary alicyclic amines) is 1. The topological polar surface area (TPSA) is 119 Å². The zero-order chi connectivity index (χ0) is 20.7. The number of primary amides is 1. The highest BCUT2D eigenvalue weighted by molar-refractivity contribution is 7.89. The third-order valence-corrected chi connectivity index (χ3v) is 6.39. The zero-order valence-corrected chi connectivity index (χ0v) is 17.4. The van der Waals surface area contributed by atoms with Crippen molar-refractivity contribution < 1.29 is 22.7 Å². The molecule has 0 bridgehead atoms. The lowest BCUT2D eigenvalue weighted by molar-refractivity contribution is -0.136. The van der Waals surface area contributed by atoms with Crippen LogP contribution in [0.4, 0.5) is 0 Å². The molecule has 1 aromatic carbocycles. The van der Waals surface area contributed by atoms with Crippen LogP contribution in [0.3, 0.4) is 0 Å². The average molecular weight is 432 g/mol. The van der Waals surface area contributed by atoms with Gasteiger partial charge in [-0.2, -0.15) is 0 Å². The highest BCUT2D eigenvalue weighted by Crippen LogP contribution is 2.27. The van der Waals surface area contributed by atoms with Crippen molar-refractivity contribution in [1.29, 1.82) is 0 Å². The van der Waals surface area contributed by atoms with Gasteiger partial charge in [-0.15, -0.1) is 0 Å². The number of ether oxygens (including phenoxy) is 1. The lowest BCUT2D eigenvalue weighted by atomic mass is 9.96. The molecule has 0 aliphatic carbocycles. The summed E-state index contributed by atoms with van der Waals surface area (Å²) in [7, 11) is -3.64. The number of rotatable bonds is 9. The highest BCUT2D eigenvalue weighted by atomic mass is 35.5. The van der Waals surface area contributed by atoms with E-state index in [-0.39, 0.29) is 40.0 Å². The summed E-state index contributed by atoms with van der Waals surface area (Å²) in [6.45, 7) is 3.00. The molecule has 0 spiro atoms. The van der Waals surface area contributed by atoms with Gasteiger partial charge in [-0.05, 0) is 37.5 Å². The Balaban J connectivity index is 1.91. The number of piperidine rings is 1. The third-order valence-electron chi connectivity index (χ3n) is 4.64. The second kappa shape index (κ2) is 10.1. The van der Waals surface area contributed by atoms with Crippen LogP contribution < -0.4 is 15.2 Å². The van der Waals surface area contributed by atoms with Gasteiger partial charge in [0.15, 0.2) is 6.61 Å². The monoisotopic (exact) mass is 431 g/mol. The van der Waals surface area contributed by atoms with E-state index in [1.165, 1.54) is 18.2 Å².